The maximum absolute atomic E-state index is 13.0. The summed E-state index contributed by atoms with van der Waals surface area (Å²) in [5.41, 5.74) is 7.82. The van der Waals surface area contributed by atoms with Crippen molar-refractivity contribution in [2.75, 3.05) is 24.5 Å². The van der Waals surface area contributed by atoms with Crippen molar-refractivity contribution in [2.24, 2.45) is 5.73 Å². The highest BCUT2D eigenvalue weighted by Gasteiger charge is 2.42. The Morgan fingerprint density at radius 3 is 2.29 bits per heavy atom. The number of nitrogens with two attached hydrogens (primary N) is 1. The molecule has 0 spiro atoms. The fourth-order valence-electron chi connectivity index (χ4n) is 4.76. The number of carboxylic acid groups (broad SMARTS) is 1. The Bertz CT molecular complexity index is 1160. The average molecular weight is 502 g/mol. The van der Waals surface area contributed by atoms with Gasteiger partial charge < -0.3 is 20.5 Å². The van der Waals surface area contributed by atoms with E-state index in [4.69, 9.17) is 10.5 Å². The highest BCUT2D eigenvalue weighted by molar-refractivity contribution is 7.89. The first-order valence-electron chi connectivity index (χ1n) is 11.9. The molecule has 3 atom stereocenters. The molecule has 0 aliphatic carbocycles. The third-order valence-corrected chi connectivity index (χ3v) is 8.57. The smallest absolute Gasteiger partial charge is 0.322 e. The molecule has 0 saturated carbocycles. The number of esters is 1. The van der Waals surface area contributed by atoms with Crippen molar-refractivity contribution in [3.05, 3.63) is 54.1 Å². The Kier molecular flexibility index (Phi) is 7.44. The Labute approximate surface area is 205 Å². The van der Waals surface area contributed by atoms with Crippen LogP contribution in [-0.2, 0) is 19.6 Å². The summed E-state index contributed by atoms with van der Waals surface area (Å²) in [6.07, 6.45) is 3.00. The molecule has 2 aliphatic rings. The zero-order chi connectivity index (χ0) is 25.2. The molecule has 2 aromatic rings. The molecular weight excluding hydrogens is 470 g/mol. The van der Waals surface area contributed by atoms with E-state index in [1.165, 1.54) is 37.1 Å². The van der Waals surface area contributed by atoms with Crippen LogP contribution in [-0.4, -0.2) is 61.5 Å². The lowest BCUT2D eigenvalue weighted by Crippen LogP contribution is -2.40. The molecule has 188 valence electrons. The predicted molar refractivity (Wildman–Crippen MR) is 131 cm³/mol. The maximum Gasteiger partial charge on any atom is 0.322 e. The van der Waals surface area contributed by atoms with Crippen LogP contribution in [0.2, 0.25) is 0 Å². The molecule has 2 saturated heterocycles. The van der Waals surface area contributed by atoms with Gasteiger partial charge in [-0.05, 0) is 67.6 Å². The summed E-state index contributed by atoms with van der Waals surface area (Å²) in [4.78, 5) is 26.6. The van der Waals surface area contributed by atoms with Crippen LogP contribution >= 0.6 is 0 Å². The molecule has 10 heteroatoms. The number of carboxylic acids is 1. The van der Waals surface area contributed by atoms with E-state index >= 15 is 0 Å². The summed E-state index contributed by atoms with van der Waals surface area (Å²) < 4.78 is 32.4. The van der Waals surface area contributed by atoms with Crippen LogP contribution < -0.4 is 15.4 Å². The maximum atomic E-state index is 13.0. The molecule has 1 unspecified atom stereocenters. The summed E-state index contributed by atoms with van der Waals surface area (Å²) >= 11 is 0. The normalized spacial score (nSPS) is 21.7. The van der Waals surface area contributed by atoms with Gasteiger partial charge in [0, 0.05) is 31.4 Å². The number of carbonyl (C=O) groups is 2. The van der Waals surface area contributed by atoms with Crippen LogP contribution in [0.4, 0.5) is 5.69 Å². The molecule has 4 rings (SSSR count). The number of ether oxygens (including phenoxy) is 1. The number of aliphatic carboxylic acids is 1. The molecular formula is C25H31N3O6S. The second-order valence-electron chi connectivity index (χ2n) is 9.06. The molecule has 0 amide bonds. The van der Waals surface area contributed by atoms with Gasteiger partial charge in [-0.15, -0.1) is 0 Å². The van der Waals surface area contributed by atoms with Crippen molar-refractivity contribution in [1.29, 1.82) is 0 Å². The number of hydrogen-bond donors (Lipinski definition) is 2. The van der Waals surface area contributed by atoms with E-state index in [2.05, 4.69) is 4.90 Å². The molecule has 2 aliphatic heterocycles. The zero-order valence-electron chi connectivity index (χ0n) is 19.7. The summed E-state index contributed by atoms with van der Waals surface area (Å²) in [6, 6.07) is 11.7. The van der Waals surface area contributed by atoms with Crippen LogP contribution in [0.15, 0.2) is 53.4 Å². The molecule has 0 radical (unpaired) electrons. The number of anilines is 1. The molecule has 0 bridgehead atoms. The predicted octanol–water partition coefficient (Wildman–Crippen LogP) is 2.56. The lowest BCUT2D eigenvalue weighted by Gasteiger charge is -2.21. The largest absolute Gasteiger partial charge is 0.480 e. The van der Waals surface area contributed by atoms with E-state index in [0.29, 0.717) is 6.42 Å². The number of nitrogens with zero attached hydrogens (tertiary/aromatic N) is 2. The minimum atomic E-state index is -4.06. The number of carbonyl (C=O) groups excluding carboxylic acids is 1. The molecule has 3 N–H and O–H groups in total. The second-order valence-corrected chi connectivity index (χ2v) is 11.0. The van der Waals surface area contributed by atoms with E-state index in [1.807, 2.05) is 31.2 Å². The third kappa shape index (κ3) is 5.34. The van der Waals surface area contributed by atoms with E-state index in [9.17, 15) is 23.1 Å². The van der Waals surface area contributed by atoms with Crippen molar-refractivity contribution >= 4 is 27.6 Å². The van der Waals surface area contributed by atoms with Gasteiger partial charge in [0.2, 0.25) is 10.0 Å². The highest BCUT2D eigenvalue weighted by Crippen LogP contribution is 2.29. The first-order valence-corrected chi connectivity index (χ1v) is 13.3. The number of benzene rings is 2. The van der Waals surface area contributed by atoms with Crippen molar-refractivity contribution in [3.8, 4) is 5.75 Å². The van der Waals surface area contributed by atoms with E-state index in [0.717, 1.165) is 28.6 Å². The molecule has 2 aromatic carbocycles. The quantitative estimate of drug-likeness (QED) is 0.417. The standard InChI is InChI=1S/C25H31N3O6S/c1-2-22(17-5-7-19(8-6-17)27-13-3-4-14-27)25(31)34-20-9-11-21(12-10-20)35(32,33)28-16-18(26)15-23(28)24(29)30/h5-12,18,22-23H,2-4,13-16,26H2,1H3,(H,29,30)/t18-,22?,23-/m0/s1. The van der Waals surface area contributed by atoms with Crippen molar-refractivity contribution in [3.63, 3.8) is 0 Å². The van der Waals surface area contributed by atoms with Gasteiger partial charge in [-0.2, -0.15) is 4.31 Å². The number of hydrogen-bond acceptors (Lipinski definition) is 7. The van der Waals surface area contributed by atoms with Gasteiger partial charge in [-0.3, -0.25) is 9.59 Å². The molecule has 9 nitrogen and oxygen atoms in total. The Hall–Kier alpha value is -2.95. The van der Waals surface area contributed by atoms with Gasteiger partial charge in [0.1, 0.15) is 11.8 Å². The summed E-state index contributed by atoms with van der Waals surface area (Å²) in [6.45, 7) is 3.94. The molecule has 35 heavy (non-hydrogen) atoms. The number of rotatable bonds is 8. The van der Waals surface area contributed by atoms with E-state index in [-0.39, 0.29) is 23.6 Å². The van der Waals surface area contributed by atoms with Gasteiger partial charge >= 0.3 is 11.9 Å². The van der Waals surface area contributed by atoms with Crippen LogP contribution in [0.25, 0.3) is 0 Å². The van der Waals surface area contributed by atoms with Gasteiger partial charge in [0.15, 0.2) is 0 Å². The van der Waals surface area contributed by atoms with E-state index in [1.54, 1.807) is 0 Å². The summed E-state index contributed by atoms with van der Waals surface area (Å²) in [5, 5.41) is 9.37. The van der Waals surface area contributed by atoms with Crippen LogP contribution in [0.5, 0.6) is 5.75 Å². The van der Waals surface area contributed by atoms with Gasteiger partial charge in [0.25, 0.3) is 0 Å². The van der Waals surface area contributed by atoms with Crippen molar-refractivity contribution in [2.45, 2.75) is 55.5 Å². The van der Waals surface area contributed by atoms with Crippen LogP contribution in [0, 0.1) is 0 Å². The first kappa shape index (κ1) is 25.2. The number of sulfonamides is 1. The van der Waals surface area contributed by atoms with Crippen molar-refractivity contribution in [1.82, 2.24) is 4.31 Å². The fraction of sp³-hybridized carbons (Fsp3) is 0.440. The molecule has 2 heterocycles. The van der Waals surface area contributed by atoms with Gasteiger partial charge in [0.05, 0.1) is 10.8 Å². The lowest BCUT2D eigenvalue weighted by molar-refractivity contribution is -0.140. The lowest BCUT2D eigenvalue weighted by atomic mass is 9.96. The SMILES string of the molecule is CCC(C(=O)Oc1ccc(S(=O)(=O)N2C[C@@H](N)C[C@H]2C(=O)O)cc1)c1ccc(N2CCCC2)cc1. The Balaban J connectivity index is 1.44. The van der Waals surface area contributed by atoms with Crippen molar-refractivity contribution < 1.29 is 27.9 Å². The summed E-state index contributed by atoms with van der Waals surface area (Å²) in [5.74, 6) is -1.89. The minimum Gasteiger partial charge on any atom is -0.480 e. The van der Waals surface area contributed by atoms with Gasteiger partial charge in [-0.1, -0.05) is 19.1 Å². The molecule has 0 aromatic heterocycles. The van der Waals surface area contributed by atoms with E-state index < -0.39 is 40.0 Å². The zero-order valence-corrected chi connectivity index (χ0v) is 20.5. The second kappa shape index (κ2) is 10.3. The topological polar surface area (TPSA) is 130 Å². The average Bonchev–Trinajstić information content (AvgIpc) is 3.51. The monoisotopic (exact) mass is 501 g/mol. The Morgan fingerprint density at radius 1 is 1.09 bits per heavy atom. The van der Waals surface area contributed by atoms with Gasteiger partial charge in [-0.25, -0.2) is 8.42 Å². The van der Waals surface area contributed by atoms with Crippen LogP contribution in [0.3, 0.4) is 0 Å². The Morgan fingerprint density at radius 2 is 1.71 bits per heavy atom. The van der Waals surface area contributed by atoms with Crippen LogP contribution in [0.1, 0.15) is 44.1 Å². The third-order valence-electron chi connectivity index (χ3n) is 6.68. The highest BCUT2D eigenvalue weighted by atomic mass is 32.2. The minimum absolute atomic E-state index is 0.0572. The first-order chi connectivity index (χ1) is 16.7. The summed E-state index contributed by atoms with van der Waals surface area (Å²) in [7, 11) is -4.06. The molecule has 2 fully saturated rings. The fourth-order valence-corrected chi connectivity index (χ4v) is 6.41.